The fraction of sp³-hybridized carbons (Fsp3) is 0.231. The highest BCUT2D eigenvalue weighted by Gasteiger charge is 2.15. The molecule has 0 saturated carbocycles. The van der Waals surface area contributed by atoms with E-state index in [1.165, 1.54) is 12.3 Å². The van der Waals surface area contributed by atoms with Gasteiger partial charge in [0.05, 0.1) is 12.6 Å². The molecular weight excluding hydrogens is 232 g/mol. The van der Waals surface area contributed by atoms with Crippen LogP contribution in [0, 0.1) is 0 Å². The van der Waals surface area contributed by atoms with Crippen molar-refractivity contribution in [1.29, 1.82) is 0 Å². The minimum atomic E-state index is -0.348. The normalized spacial score (nSPS) is 12.1. The van der Waals surface area contributed by atoms with Crippen molar-refractivity contribution in [3.8, 4) is 0 Å². The SMILES string of the molecule is O=C(NC(CO)Cc1ccccc1)c1ccon1. The number of nitrogens with one attached hydrogen (secondary N) is 1. The van der Waals surface area contributed by atoms with Gasteiger partial charge in [0.2, 0.25) is 0 Å². The van der Waals surface area contributed by atoms with E-state index in [-0.39, 0.29) is 24.2 Å². The van der Waals surface area contributed by atoms with Gasteiger partial charge in [-0.25, -0.2) is 0 Å². The van der Waals surface area contributed by atoms with Crippen molar-refractivity contribution in [2.24, 2.45) is 0 Å². The second-order valence-electron chi connectivity index (χ2n) is 3.93. The maximum Gasteiger partial charge on any atom is 0.273 e. The Balaban J connectivity index is 1.96. The molecule has 2 N–H and O–H groups in total. The number of hydrogen-bond acceptors (Lipinski definition) is 4. The van der Waals surface area contributed by atoms with E-state index in [0.717, 1.165) is 5.56 Å². The van der Waals surface area contributed by atoms with Crippen molar-refractivity contribution in [3.63, 3.8) is 0 Å². The molecule has 1 atom stereocenters. The third-order valence-electron chi connectivity index (χ3n) is 2.55. The van der Waals surface area contributed by atoms with Crippen molar-refractivity contribution >= 4 is 5.91 Å². The van der Waals surface area contributed by atoms with Gasteiger partial charge in [-0.2, -0.15) is 0 Å². The van der Waals surface area contributed by atoms with Gasteiger partial charge in [0.25, 0.3) is 5.91 Å². The first-order chi connectivity index (χ1) is 8.79. The highest BCUT2D eigenvalue weighted by molar-refractivity contribution is 5.92. The van der Waals surface area contributed by atoms with E-state index in [0.29, 0.717) is 6.42 Å². The van der Waals surface area contributed by atoms with E-state index >= 15 is 0 Å². The van der Waals surface area contributed by atoms with Crippen LogP contribution in [0.2, 0.25) is 0 Å². The van der Waals surface area contributed by atoms with Crippen molar-refractivity contribution in [2.45, 2.75) is 12.5 Å². The quantitative estimate of drug-likeness (QED) is 0.825. The molecule has 0 bridgehead atoms. The van der Waals surface area contributed by atoms with Crippen LogP contribution in [0.3, 0.4) is 0 Å². The number of nitrogens with zero attached hydrogens (tertiary/aromatic N) is 1. The fourth-order valence-electron chi connectivity index (χ4n) is 1.65. The molecule has 0 spiro atoms. The summed E-state index contributed by atoms with van der Waals surface area (Å²) in [6.45, 7) is -0.127. The molecule has 1 aromatic carbocycles. The Kier molecular flexibility index (Phi) is 4.09. The molecule has 2 rings (SSSR count). The van der Waals surface area contributed by atoms with Crippen molar-refractivity contribution in [3.05, 3.63) is 53.9 Å². The Morgan fingerprint density at radius 3 is 2.72 bits per heavy atom. The van der Waals surface area contributed by atoms with Gasteiger partial charge in [0.1, 0.15) is 6.26 Å². The molecule has 0 fully saturated rings. The van der Waals surface area contributed by atoms with Gasteiger partial charge in [-0.05, 0) is 12.0 Å². The number of aromatic nitrogens is 1. The number of aliphatic hydroxyl groups is 1. The topological polar surface area (TPSA) is 75.4 Å². The molecule has 1 unspecified atom stereocenters. The maximum absolute atomic E-state index is 11.7. The van der Waals surface area contributed by atoms with E-state index in [4.69, 9.17) is 0 Å². The summed E-state index contributed by atoms with van der Waals surface area (Å²) >= 11 is 0. The summed E-state index contributed by atoms with van der Waals surface area (Å²) in [4.78, 5) is 11.7. The standard InChI is InChI=1S/C13H14N2O3/c16-9-11(8-10-4-2-1-3-5-10)14-13(17)12-6-7-18-15-12/h1-7,11,16H,8-9H2,(H,14,17). The zero-order valence-corrected chi connectivity index (χ0v) is 9.74. The average Bonchev–Trinajstić information content (AvgIpc) is 2.93. The summed E-state index contributed by atoms with van der Waals surface area (Å²) in [7, 11) is 0. The lowest BCUT2D eigenvalue weighted by molar-refractivity contribution is 0.0907. The Labute approximate surface area is 104 Å². The Hall–Kier alpha value is -2.14. The van der Waals surface area contributed by atoms with Gasteiger partial charge in [0, 0.05) is 6.07 Å². The third-order valence-corrected chi connectivity index (χ3v) is 2.55. The molecule has 0 saturated heterocycles. The molecule has 1 aromatic heterocycles. The Morgan fingerprint density at radius 2 is 2.11 bits per heavy atom. The average molecular weight is 246 g/mol. The van der Waals surface area contributed by atoms with Gasteiger partial charge in [-0.1, -0.05) is 35.5 Å². The highest BCUT2D eigenvalue weighted by Crippen LogP contribution is 2.04. The summed E-state index contributed by atoms with van der Waals surface area (Å²) in [5.74, 6) is -0.348. The monoisotopic (exact) mass is 246 g/mol. The lowest BCUT2D eigenvalue weighted by Gasteiger charge is -2.15. The van der Waals surface area contributed by atoms with Gasteiger partial charge >= 0.3 is 0 Å². The second kappa shape index (κ2) is 5.97. The largest absolute Gasteiger partial charge is 0.394 e. The minimum absolute atomic E-state index is 0.127. The Morgan fingerprint density at radius 1 is 1.33 bits per heavy atom. The molecule has 0 aliphatic heterocycles. The van der Waals surface area contributed by atoms with Crippen molar-refractivity contribution in [1.82, 2.24) is 10.5 Å². The van der Waals surface area contributed by atoms with Gasteiger partial charge < -0.3 is 14.9 Å². The smallest absolute Gasteiger partial charge is 0.273 e. The summed E-state index contributed by atoms with van der Waals surface area (Å²) < 4.78 is 4.60. The predicted octanol–water partition coefficient (Wildman–Crippen LogP) is 1.01. The highest BCUT2D eigenvalue weighted by atomic mass is 16.5. The fourth-order valence-corrected chi connectivity index (χ4v) is 1.65. The molecule has 1 heterocycles. The van der Waals surface area contributed by atoms with E-state index in [9.17, 15) is 9.90 Å². The van der Waals surface area contributed by atoms with E-state index in [1.807, 2.05) is 30.3 Å². The number of amides is 1. The third kappa shape index (κ3) is 3.18. The molecule has 0 aliphatic rings. The molecule has 18 heavy (non-hydrogen) atoms. The molecule has 0 aliphatic carbocycles. The van der Waals surface area contributed by atoms with E-state index in [2.05, 4.69) is 15.0 Å². The van der Waals surface area contributed by atoms with Crippen LogP contribution in [-0.2, 0) is 6.42 Å². The van der Waals surface area contributed by atoms with Crippen LogP contribution in [0.5, 0.6) is 0 Å². The van der Waals surface area contributed by atoms with E-state index < -0.39 is 0 Å². The molecule has 2 aromatic rings. The maximum atomic E-state index is 11.7. The first-order valence-corrected chi connectivity index (χ1v) is 5.65. The summed E-state index contributed by atoms with van der Waals surface area (Å²) in [6, 6.07) is 10.8. The number of aliphatic hydroxyl groups excluding tert-OH is 1. The lowest BCUT2D eigenvalue weighted by Crippen LogP contribution is -2.39. The van der Waals surface area contributed by atoms with Crippen molar-refractivity contribution in [2.75, 3.05) is 6.61 Å². The van der Waals surface area contributed by atoms with Crippen LogP contribution in [0.25, 0.3) is 0 Å². The Bertz CT molecular complexity index is 482. The molecular formula is C13H14N2O3. The molecule has 5 nitrogen and oxygen atoms in total. The van der Waals surface area contributed by atoms with Crippen LogP contribution < -0.4 is 5.32 Å². The van der Waals surface area contributed by atoms with Gasteiger partial charge in [0.15, 0.2) is 5.69 Å². The number of rotatable bonds is 5. The first kappa shape index (κ1) is 12.3. The van der Waals surface area contributed by atoms with Crippen LogP contribution in [0.1, 0.15) is 16.1 Å². The lowest BCUT2D eigenvalue weighted by atomic mass is 10.1. The number of carbonyl (C=O) groups excluding carboxylic acids is 1. The van der Waals surface area contributed by atoms with Gasteiger partial charge in [-0.15, -0.1) is 0 Å². The zero-order chi connectivity index (χ0) is 12.8. The number of hydrogen-bond donors (Lipinski definition) is 2. The number of benzene rings is 1. The second-order valence-corrected chi connectivity index (χ2v) is 3.93. The zero-order valence-electron chi connectivity index (χ0n) is 9.74. The van der Waals surface area contributed by atoms with Crippen LogP contribution in [-0.4, -0.2) is 28.8 Å². The van der Waals surface area contributed by atoms with Crippen LogP contribution in [0.4, 0.5) is 0 Å². The number of carbonyl (C=O) groups is 1. The molecule has 0 radical (unpaired) electrons. The molecule has 5 heteroatoms. The molecule has 94 valence electrons. The first-order valence-electron chi connectivity index (χ1n) is 5.65. The van der Waals surface area contributed by atoms with E-state index in [1.54, 1.807) is 0 Å². The summed E-state index contributed by atoms with van der Waals surface area (Å²) in [5.41, 5.74) is 1.26. The summed E-state index contributed by atoms with van der Waals surface area (Å²) in [6.07, 6.45) is 1.90. The predicted molar refractivity (Wildman–Crippen MR) is 65.0 cm³/mol. The van der Waals surface area contributed by atoms with Crippen LogP contribution >= 0.6 is 0 Å². The minimum Gasteiger partial charge on any atom is -0.394 e. The van der Waals surface area contributed by atoms with Crippen molar-refractivity contribution < 1.29 is 14.4 Å². The van der Waals surface area contributed by atoms with Crippen LogP contribution in [0.15, 0.2) is 47.2 Å². The molecule has 1 amide bonds. The van der Waals surface area contributed by atoms with Gasteiger partial charge in [-0.3, -0.25) is 4.79 Å². The summed E-state index contributed by atoms with van der Waals surface area (Å²) in [5, 5.41) is 15.5.